The van der Waals surface area contributed by atoms with E-state index < -0.39 is 0 Å². The minimum Gasteiger partial charge on any atom is -0.392 e. The molecule has 0 heterocycles. The molecule has 0 aromatic heterocycles. The normalized spacial score (nSPS) is 32.5. The number of rotatable bonds is 4. The van der Waals surface area contributed by atoms with E-state index in [1.54, 1.807) is 5.56 Å². The SMILES string of the molecule is C[C@]12CC[C@@H]3c4ccc(CO)cc4CC[C@H]3[C@@H]1CCC2C=CC(=O)c1ccccc1. The third-order valence-electron chi connectivity index (χ3n) is 8.59. The topological polar surface area (TPSA) is 37.3 Å². The number of allylic oxidation sites excluding steroid dienone is 2. The zero-order valence-corrected chi connectivity index (χ0v) is 17.9. The van der Waals surface area contributed by atoms with Crippen LogP contribution in [0.4, 0.5) is 0 Å². The summed E-state index contributed by atoms with van der Waals surface area (Å²) >= 11 is 0. The second-order valence-corrected chi connectivity index (χ2v) is 9.92. The summed E-state index contributed by atoms with van der Waals surface area (Å²) in [6, 6.07) is 16.3. The number of hydrogen-bond acceptors (Lipinski definition) is 2. The zero-order chi connectivity index (χ0) is 20.7. The molecule has 2 nitrogen and oxygen atoms in total. The smallest absolute Gasteiger partial charge is 0.185 e. The van der Waals surface area contributed by atoms with Gasteiger partial charge in [-0.2, -0.15) is 0 Å². The molecule has 0 aliphatic heterocycles. The minimum atomic E-state index is 0.127. The molecule has 1 unspecified atom stereocenters. The summed E-state index contributed by atoms with van der Waals surface area (Å²) in [4.78, 5) is 12.6. The molecule has 2 fully saturated rings. The van der Waals surface area contributed by atoms with Crippen LogP contribution in [0.2, 0.25) is 0 Å². The van der Waals surface area contributed by atoms with Crippen LogP contribution in [0.5, 0.6) is 0 Å². The van der Waals surface area contributed by atoms with Crippen molar-refractivity contribution in [3.05, 3.63) is 82.9 Å². The highest BCUT2D eigenvalue weighted by Crippen LogP contribution is 2.63. The molecule has 2 saturated carbocycles. The summed E-state index contributed by atoms with van der Waals surface area (Å²) in [6.45, 7) is 2.63. The average molecular weight is 401 g/mol. The van der Waals surface area contributed by atoms with Gasteiger partial charge in [-0.05, 0) is 90.4 Å². The van der Waals surface area contributed by atoms with Gasteiger partial charge in [0.1, 0.15) is 0 Å². The fourth-order valence-electron chi connectivity index (χ4n) is 6.99. The van der Waals surface area contributed by atoms with Gasteiger partial charge in [0, 0.05) is 5.56 Å². The standard InChI is InChI=1S/C28H32O2/c1-28-16-15-24-23-11-7-19(18-29)17-21(23)8-12-25(24)26(28)13-9-22(28)10-14-27(30)20-5-3-2-4-6-20/h2-7,10-11,14,17,22,24-26,29H,8-9,12-13,15-16,18H2,1H3/t22?,24-,25-,26+,28-/m1/s1. The number of benzene rings is 2. The summed E-state index contributed by atoms with van der Waals surface area (Å²) in [5.41, 5.74) is 5.15. The second kappa shape index (κ2) is 7.81. The molecule has 5 rings (SSSR count). The monoisotopic (exact) mass is 400 g/mol. The van der Waals surface area contributed by atoms with Crippen LogP contribution in [0.3, 0.4) is 0 Å². The molecule has 0 radical (unpaired) electrons. The lowest BCUT2D eigenvalue weighted by atomic mass is 9.54. The largest absolute Gasteiger partial charge is 0.392 e. The Hall–Kier alpha value is -2.19. The van der Waals surface area contributed by atoms with Gasteiger partial charge in [0.05, 0.1) is 6.61 Å². The summed E-state index contributed by atoms with van der Waals surface area (Å²) in [6.07, 6.45) is 11.5. The first-order valence-corrected chi connectivity index (χ1v) is 11.6. The maximum atomic E-state index is 12.6. The Bertz CT molecular complexity index is 960. The van der Waals surface area contributed by atoms with Crippen molar-refractivity contribution in [1.29, 1.82) is 0 Å². The van der Waals surface area contributed by atoms with E-state index in [4.69, 9.17) is 0 Å². The molecule has 2 aromatic carbocycles. The number of carbonyl (C=O) groups is 1. The van der Waals surface area contributed by atoms with Gasteiger partial charge in [0.25, 0.3) is 0 Å². The number of aliphatic hydroxyl groups excluding tert-OH is 1. The van der Waals surface area contributed by atoms with Gasteiger partial charge in [-0.1, -0.05) is 61.5 Å². The summed E-state index contributed by atoms with van der Waals surface area (Å²) in [5.74, 6) is 2.83. The van der Waals surface area contributed by atoms with Gasteiger partial charge in [-0.15, -0.1) is 0 Å². The van der Waals surface area contributed by atoms with E-state index in [-0.39, 0.29) is 12.4 Å². The summed E-state index contributed by atoms with van der Waals surface area (Å²) in [7, 11) is 0. The Labute approximate surface area is 180 Å². The fourth-order valence-corrected chi connectivity index (χ4v) is 6.99. The lowest BCUT2D eigenvalue weighted by Crippen LogP contribution is -2.42. The van der Waals surface area contributed by atoms with Crippen LogP contribution < -0.4 is 0 Å². The van der Waals surface area contributed by atoms with Crippen molar-refractivity contribution in [2.45, 2.75) is 58.0 Å². The predicted molar refractivity (Wildman–Crippen MR) is 120 cm³/mol. The van der Waals surface area contributed by atoms with Crippen molar-refractivity contribution in [3.8, 4) is 0 Å². The molecular formula is C28H32O2. The molecule has 0 bridgehead atoms. The molecule has 1 N–H and O–H groups in total. The first-order chi connectivity index (χ1) is 14.6. The highest BCUT2D eigenvalue weighted by atomic mass is 16.3. The number of aryl methyl sites for hydroxylation is 1. The lowest BCUT2D eigenvalue weighted by Gasteiger charge is -2.50. The van der Waals surface area contributed by atoms with Crippen molar-refractivity contribution in [2.75, 3.05) is 0 Å². The van der Waals surface area contributed by atoms with Crippen molar-refractivity contribution in [1.82, 2.24) is 0 Å². The molecule has 3 aliphatic rings. The Morgan fingerprint density at radius 3 is 2.73 bits per heavy atom. The van der Waals surface area contributed by atoms with Crippen molar-refractivity contribution >= 4 is 5.78 Å². The van der Waals surface area contributed by atoms with Crippen LogP contribution in [-0.4, -0.2) is 10.9 Å². The highest BCUT2D eigenvalue weighted by molar-refractivity contribution is 6.04. The number of aliphatic hydroxyl groups is 1. The third kappa shape index (κ3) is 3.26. The first kappa shape index (κ1) is 19.8. The third-order valence-corrected chi connectivity index (χ3v) is 8.59. The Morgan fingerprint density at radius 2 is 1.93 bits per heavy atom. The molecule has 156 valence electrons. The molecule has 3 aliphatic carbocycles. The lowest BCUT2D eigenvalue weighted by molar-refractivity contribution is 0.0409. The quantitative estimate of drug-likeness (QED) is 0.498. The van der Waals surface area contributed by atoms with Crippen molar-refractivity contribution in [2.24, 2.45) is 23.2 Å². The van der Waals surface area contributed by atoms with Crippen molar-refractivity contribution in [3.63, 3.8) is 0 Å². The fraction of sp³-hybridized carbons (Fsp3) is 0.464. The van der Waals surface area contributed by atoms with Crippen LogP contribution >= 0.6 is 0 Å². The van der Waals surface area contributed by atoms with E-state index >= 15 is 0 Å². The Morgan fingerprint density at radius 1 is 1.10 bits per heavy atom. The Kier molecular flexibility index (Phi) is 5.14. The first-order valence-electron chi connectivity index (χ1n) is 11.6. The second-order valence-electron chi connectivity index (χ2n) is 9.92. The van der Waals surface area contributed by atoms with E-state index in [2.05, 4.69) is 31.2 Å². The summed E-state index contributed by atoms with van der Waals surface area (Å²) < 4.78 is 0. The zero-order valence-electron chi connectivity index (χ0n) is 17.9. The van der Waals surface area contributed by atoms with E-state index in [0.29, 0.717) is 17.3 Å². The van der Waals surface area contributed by atoms with Gasteiger partial charge in [0.2, 0.25) is 0 Å². The average Bonchev–Trinajstić information content (AvgIpc) is 3.13. The minimum absolute atomic E-state index is 0.127. The maximum Gasteiger partial charge on any atom is 0.185 e. The van der Waals surface area contributed by atoms with Crippen LogP contribution in [0.1, 0.15) is 72.0 Å². The van der Waals surface area contributed by atoms with Gasteiger partial charge >= 0.3 is 0 Å². The van der Waals surface area contributed by atoms with Gasteiger partial charge in [-0.3, -0.25) is 4.79 Å². The molecule has 5 atom stereocenters. The van der Waals surface area contributed by atoms with E-state index in [1.807, 2.05) is 36.4 Å². The number of hydrogen-bond donors (Lipinski definition) is 1. The summed E-state index contributed by atoms with van der Waals surface area (Å²) in [5, 5.41) is 9.49. The van der Waals surface area contributed by atoms with E-state index in [1.165, 1.54) is 37.7 Å². The van der Waals surface area contributed by atoms with Gasteiger partial charge < -0.3 is 5.11 Å². The molecule has 30 heavy (non-hydrogen) atoms. The molecule has 2 heteroatoms. The maximum absolute atomic E-state index is 12.6. The van der Waals surface area contributed by atoms with Crippen LogP contribution in [0.25, 0.3) is 0 Å². The number of carbonyl (C=O) groups excluding carboxylic acids is 1. The number of fused-ring (bicyclic) bond motifs is 5. The molecule has 0 amide bonds. The van der Waals surface area contributed by atoms with Crippen LogP contribution in [0.15, 0.2) is 60.7 Å². The Balaban J connectivity index is 1.35. The van der Waals surface area contributed by atoms with Crippen LogP contribution in [0, 0.1) is 23.2 Å². The molecule has 0 saturated heterocycles. The van der Waals surface area contributed by atoms with Gasteiger partial charge in [0.15, 0.2) is 5.78 Å². The highest BCUT2D eigenvalue weighted by Gasteiger charge is 2.53. The van der Waals surface area contributed by atoms with E-state index in [0.717, 1.165) is 29.4 Å². The van der Waals surface area contributed by atoms with Crippen LogP contribution in [-0.2, 0) is 13.0 Å². The van der Waals surface area contributed by atoms with Crippen molar-refractivity contribution < 1.29 is 9.90 Å². The van der Waals surface area contributed by atoms with E-state index in [9.17, 15) is 9.90 Å². The molecule has 2 aromatic rings. The molecular weight excluding hydrogens is 368 g/mol. The van der Waals surface area contributed by atoms with Gasteiger partial charge in [-0.25, -0.2) is 0 Å². The predicted octanol–water partition coefficient (Wildman–Crippen LogP) is 6.09. The number of ketones is 1. The molecule has 0 spiro atoms.